The van der Waals surface area contributed by atoms with Crippen LogP contribution < -0.4 is 11.1 Å². The van der Waals surface area contributed by atoms with Crippen molar-refractivity contribution in [3.63, 3.8) is 0 Å². The number of hydrogen-bond donors (Lipinski definition) is 2. The maximum absolute atomic E-state index is 11.9. The third-order valence-corrected chi connectivity index (χ3v) is 3.49. The summed E-state index contributed by atoms with van der Waals surface area (Å²) in [7, 11) is 1.48. The molecule has 20 heavy (non-hydrogen) atoms. The predicted octanol–water partition coefficient (Wildman–Crippen LogP) is 0.502. The van der Waals surface area contributed by atoms with Crippen molar-refractivity contribution in [1.29, 1.82) is 0 Å². The zero-order chi connectivity index (χ0) is 15.0. The average molecular weight is 292 g/mol. The molecule has 106 valence electrons. The average Bonchev–Trinajstić information content (AvgIpc) is 2.55. The Bertz CT molecular complexity index is 615. The summed E-state index contributed by atoms with van der Waals surface area (Å²) in [5.74, 6) is -0.456. The van der Waals surface area contributed by atoms with Crippen molar-refractivity contribution >= 4 is 34.7 Å². The predicted molar refractivity (Wildman–Crippen MR) is 79.4 cm³/mol. The lowest BCUT2D eigenvalue weighted by atomic mass is 10.1. The molecule has 6 nitrogen and oxygen atoms in total. The first-order valence-corrected chi connectivity index (χ1v) is 6.57. The molecule has 1 fully saturated rings. The van der Waals surface area contributed by atoms with E-state index in [4.69, 9.17) is 18.0 Å². The van der Waals surface area contributed by atoms with Gasteiger partial charge in [0.2, 0.25) is 5.91 Å². The van der Waals surface area contributed by atoms with E-state index in [1.165, 1.54) is 7.05 Å². The van der Waals surface area contributed by atoms with E-state index in [-0.39, 0.29) is 23.2 Å². The Morgan fingerprint density at radius 2 is 2.15 bits per heavy atom. The van der Waals surface area contributed by atoms with Gasteiger partial charge in [0.05, 0.1) is 12.0 Å². The Hall–Kier alpha value is -2.02. The van der Waals surface area contributed by atoms with E-state index in [1.54, 1.807) is 13.0 Å². The van der Waals surface area contributed by atoms with Crippen molar-refractivity contribution < 1.29 is 9.59 Å². The zero-order valence-corrected chi connectivity index (χ0v) is 12.4. The summed E-state index contributed by atoms with van der Waals surface area (Å²) < 4.78 is 0. The molecule has 0 saturated carbocycles. The summed E-state index contributed by atoms with van der Waals surface area (Å²) in [5, 5.41) is 3.06. The van der Waals surface area contributed by atoms with Crippen molar-refractivity contribution in [2.45, 2.75) is 26.3 Å². The van der Waals surface area contributed by atoms with Gasteiger partial charge < -0.3 is 11.1 Å². The molecule has 1 unspecified atom stereocenters. The maximum Gasteiger partial charge on any atom is 0.251 e. The number of anilines is 1. The third kappa shape index (κ3) is 2.49. The summed E-state index contributed by atoms with van der Waals surface area (Å²) in [6, 6.07) is 1.19. The van der Waals surface area contributed by atoms with Crippen molar-refractivity contribution in [3.05, 3.63) is 23.0 Å². The molecule has 2 rings (SSSR count). The van der Waals surface area contributed by atoms with Gasteiger partial charge in [-0.15, -0.1) is 0 Å². The van der Waals surface area contributed by atoms with Gasteiger partial charge in [-0.1, -0.05) is 12.2 Å². The lowest BCUT2D eigenvalue weighted by molar-refractivity contribution is -0.136. The van der Waals surface area contributed by atoms with Gasteiger partial charge in [-0.2, -0.15) is 0 Å². The second-order valence-electron chi connectivity index (χ2n) is 4.83. The number of nitrogens with zero attached hydrogens (tertiary/aromatic N) is 2. The monoisotopic (exact) mass is 292 g/mol. The number of carbonyl (C=O) groups is 2. The van der Waals surface area contributed by atoms with E-state index >= 15 is 0 Å². The minimum absolute atomic E-state index is 0.131. The number of likely N-dealkylation sites (tertiary alicyclic amines) is 1. The molecule has 2 heterocycles. The number of thiocarbonyl (C=S) groups is 1. The Balaban J connectivity index is 2.37. The van der Waals surface area contributed by atoms with Crippen molar-refractivity contribution in [3.8, 4) is 0 Å². The SMILES string of the molecule is Cc1cc(NC2CC(=O)N(C)C2=O)c(C(N)=S)c(C)n1. The molecule has 0 spiro atoms. The molecule has 0 bridgehead atoms. The summed E-state index contributed by atoms with van der Waals surface area (Å²) in [6.45, 7) is 3.65. The number of imide groups is 1. The number of likely N-dealkylation sites (N-methyl/N-ethyl adjacent to an activating group) is 1. The fraction of sp³-hybridized carbons (Fsp3) is 0.385. The number of amides is 2. The first kappa shape index (κ1) is 14.4. The van der Waals surface area contributed by atoms with Gasteiger partial charge in [-0.05, 0) is 19.9 Å². The van der Waals surface area contributed by atoms with Crippen LogP contribution in [0.3, 0.4) is 0 Å². The van der Waals surface area contributed by atoms with Crippen molar-refractivity contribution in [2.75, 3.05) is 12.4 Å². The van der Waals surface area contributed by atoms with Crippen molar-refractivity contribution in [1.82, 2.24) is 9.88 Å². The molecule has 2 amide bonds. The third-order valence-electron chi connectivity index (χ3n) is 3.29. The molecule has 0 radical (unpaired) electrons. The van der Waals surface area contributed by atoms with Crippen LogP contribution in [0.1, 0.15) is 23.4 Å². The molecular weight excluding hydrogens is 276 g/mol. The minimum atomic E-state index is -0.582. The van der Waals surface area contributed by atoms with Crippen LogP contribution in [0.4, 0.5) is 5.69 Å². The molecule has 1 atom stereocenters. The minimum Gasteiger partial charge on any atom is -0.389 e. The molecule has 3 N–H and O–H groups in total. The number of rotatable bonds is 3. The zero-order valence-electron chi connectivity index (χ0n) is 11.6. The molecule has 7 heteroatoms. The molecule has 1 aliphatic rings. The second kappa shape index (κ2) is 5.16. The van der Waals surface area contributed by atoms with Gasteiger partial charge >= 0.3 is 0 Å². The highest BCUT2D eigenvalue weighted by Crippen LogP contribution is 2.23. The van der Waals surface area contributed by atoms with Gasteiger partial charge in [0.15, 0.2) is 0 Å². The Labute approximate surface area is 122 Å². The summed E-state index contributed by atoms with van der Waals surface area (Å²) in [6.07, 6.45) is 0.131. The number of aromatic nitrogens is 1. The summed E-state index contributed by atoms with van der Waals surface area (Å²) in [4.78, 5) is 29.1. The maximum atomic E-state index is 11.9. The van der Waals surface area contributed by atoms with Crippen LogP contribution in [0.15, 0.2) is 6.07 Å². The molecular formula is C13H16N4O2S. The normalized spacial score (nSPS) is 18.6. The highest BCUT2D eigenvalue weighted by Gasteiger charge is 2.36. The van der Waals surface area contributed by atoms with Crippen LogP contribution in [-0.2, 0) is 9.59 Å². The van der Waals surface area contributed by atoms with Crippen molar-refractivity contribution in [2.24, 2.45) is 5.73 Å². The van der Waals surface area contributed by atoms with E-state index in [1.807, 2.05) is 6.92 Å². The lowest BCUT2D eigenvalue weighted by Crippen LogP contribution is -2.32. The molecule has 0 aromatic carbocycles. The van der Waals surface area contributed by atoms with Gasteiger partial charge in [0.25, 0.3) is 5.91 Å². The molecule has 1 aliphatic heterocycles. The van der Waals surface area contributed by atoms with Crippen LogP contribution in [0, 0.1) is 13.8 Å². The number of nitrogens with one attached hydrogen (secondary N) is 1. The smallest absolute Gasteiger partial charge is 0.251 e. The van der Waals surface area contributed by atoms with E-state index in [0.717, 1.165) is 10.6 Å². The fourth-order valence-corrected chi connectivity index (χ4v) is 2.57. The van der Waals surface area contributed by atoms with Gasteiger partial charge in [-0.25, -0.2) is 0 Å². The highest BCUT2D eigenvalue weighted by molar-refractivity contribution is 7.80. The lowest BCUT2D eigenvalue weighted by Gasteiger charge is -2.17. The Kier molecular flexibility index (Phi) is 3.71. The Morgan fingerprint density at radius 3 is 2.65 bits per heavy atom. The Morgan fingerprint density at radius 1 is 1.50 bits per heavy atom. The van der Waals surface area contributed by atoms with E-state index < -0.39 is 6.04 Å². The number of carbonyl (C=O) groups excluding carboxylic acids is 2. The first-order chi connectivity index (χ1) is 9.31. The fourth-order valence-electron chi connectivity index (χ4n) is 2.31. The van der Waals surface area contributed by atoms with Crippen LogP contribution >= 0.6 is 12.2 Å². The van der Waals surface area contributed by atoms with E-state index in [2.05, 4.69) is 10.3 Å². The molecule has 0 aliphatic carbocycles. The molecule has 1 aromatic rings. The van der Waals surface area contributed by atoms with Gasteiger partial charge in [0, 0.05) is 24.1 Å². The topological polar surface area (TPSA) is 88.3 Å². The van der Waals surface area contributed by atoms with Crippen LogP contribution in [-0.4, -0.2) is 39.8 Å². The van der Waals surface area contributed by atoms with E-state index in [0.29, 0.717) is 16.9 Å². The number of pyridine rings is 1. The standard InChI is InChI=1S/C13H16N4O2S/c1-6-4-8(11(12(14)20)7(2)15-6)16-9-5-10(18)17(3)13(9)19/h4,9H,5H2,1-3H3,(H2,14,20)(H,15,16). The first-order valence-electron chi connectivity index (χ1n) is 6.16. The van der Waals surface area contributed by atoms with Gasteiger partial charge in [0.1, 0.15) is 11.0 Å². The number of aryl methyl sites for hydroxylation is 2. The summed E-state index contributed by atoms with van der Waals surface area (Å²) >= 11 is 5.03. The largest absolute Gasteiger partial charge is 0.389 e. The highest BCUT2D eigenvalue weighted by atomic mass is 32.1. The molecule has 1 saturated heterocycles. The molecule has 1 aromatic heterocycles. The quantitative estimate of drug-likeness (QED) is 0.623. The number of hydrogen-bond acceptors (Lipinski definition) is 5. The second-order valence-corrected chi connectivity index (χ2v) is 5.27. The summed E-state index contributed by atoms with van der Waals surface area (Å²) in [5.41, 5.74) is 8.46. The van der Waals surface area contributed by atoms with E-state index in [9.17, 15) is 9.59 Å². The number of nitrogens with two attached hydrogens (primary N) is 1. The van der Waals surface area contributed by atoms with Crippen LogP contribution in [0.2, 0.25) is 0 Å². The van der Waals surface area contributed by atoms with Crippen LogP contribution in [0.25, 0.3) is 0 Å². The van der Waals surface area contributed by atoms with Gasteiger partial charge in [-0.3, -0.25) is 19.5 Å². The van der Waals surface area contributed by atoms with Crippen LogP contribution in [0.5, 0.6) is 0 Å².